The SMILES string of the molecule is CCCCCCCCCCCCCCCC(O)C(O)CC/C=C\CCCC(O)CCCCCC(O)CC1=CC(C)OC1=O. The molecule has 0 amide bonds. The van der Waals surface area contributed by atoms with Crippen LogP contribution in [0.1, 0.15) is 174 Å². The molecule has 0 saturated heterocycles. The van der Waals surface area contributed by atoms with Crippen LogP contribution in [0, 0.1) is 0 Å². The second-order valence-corrected chi connectivity index (χ2v) is 13.1. The number of unbranched alkanes of at least 4 members (excludes halogenated alkanes) is 15. The van der Waals surface area contributed by atoms with E-state index in [0.29, 0.717) is 31.3 Å². The van der Waals surface area contributed by atoms with Gasteiger partial charge in [0.2, 0.25) is 0 Å². The molecule has 1 rings (SSSR count). The first-order chi connectivity index (χ1) is 20.8. The molecule has 4 N–H and O–H groups in total. The number of ether oxygens (including phenoxy) is 1. The highest BCUT2D eigenvalue weighted by Gasteiger charge is 2.24. The van der Waals surface area contributed by atoms with Gasteiger partial charge >= 0.3 is 5.97 Å². The number of aliphatic hydroxyl groups is 4. The first-order valence-electron chi connectivity index (χ1n) is 18.1. The number of cyclic esters (lactones) is 1. The molecule has 1 aliphatic rings. The number of aliphatic hydroxyl groups excluding tert-OH is 4. The van der Waals surface area contributed by atoms with Gasteiger partial charge in [-0.15, -0.1) is 0 Å². The zero-order valence-corrected chi connectivity index (χ0v) is 27.9. The Morgan fingerprint density at radius 3 is 1.67 bits per heavy atom. The summed E-state index contributed by atoms with van der Waals surface area (Å²) in [7, 11) is 0. The molecule has 0 aromatic carbocycles. The highest BCUT2D eigenvalue weighted by atomic mass is 16.5. The summed E-state index contributed by atoms with van der Waals surface area (Å²) in [6, 6.07) is 0. The van der Waals surface area contributed by atoms with E-state index >= 15 is 0 Å². The van der Waals surface area contributed by atoms with Gasteiger partial charge in [-0.2, -0.15) is 0 Å². The fourth-order valence-electron chi connectivity index (χ4n) is 5.95. The van der Waals surface area contributed by atoms with Crippen LogP contribution in [0.25, 0.3) is 0 Å². The van der Waals surface area contributed by atoms with Crippen LogP contribution in [0.4, 0.5) is 0 Å². The van der Waals surface area contributed by atoms with Gasteiger partial charge in [0.1, 0.15) is 6.10 Å². The zero-order valence-electron chi connectivity index (χ0n) is 27.9. The molecule has 6 nitrogen and oxygen atoms in total. The van der Waals surface area contributed by atoms with Gasteiger partial charge in [0.05, 0.1) is 24.4 Å². The van der Waals surface area contributed by atoms with E-state index in [1.807, 2.05) is 6.92 Å². The summed E-state index contributed by atoms with van der Waals surface area (Å²) in [4.78, 5) is 11.6. The molecule has 0 spiro atoms. The molecule has 0 saturated carbocycles. The molecule has 252 valence electrons. The molecule has 0 radical (unpaired) electrons. The smallest absolute Gasteiger partial charge is 0.334 e. The van der Waals surface area contributed by atoms with Crippen molar-refractivity contribution in [1.29, 1.82) is 0 Å². The van der Waals surface area contributed by atoms with Gasteiger partial charge in [-0.3, -0.25) is 0 Å². The average Bonchev–Trinajstić information content (AvgIpc) is 3.29. The first-order valence-corrected chi connectivity index (χ1v) is 18.1. The third kappa shape index (κ3) is 22.9. The minimum absolute atomic E-state index is 0.192. The van der Waals surface area contributed by atoms with E-state index in [0.717, 1.165) is 64.2 Å². The molecule has 5 atom stereocenters. The lowest BCUT2D eigenvalue weighted by Crippen LogP contribution is -2.25. The third-order valence-corrected chi connectivity index (χ3v) is 8.77. The summed E-state index contributed by atoms with van der Waals surface area (Å²) in [5.41, 5.74) is 0.582. The number of allylic oxidation sites excluding steroid dienone is 2. The van der Waals surface area contributed by atoms with Gasteiger partial charge in [0.25, 0.3) is 0 Å². The van der Waals surface area contributed by atoms with Crippen LogP contribution in [0.2, 0.25) is 0 Å². The molecule has 5 unspecified atom stereocenters. The molecule has 0 bridgehead atoms. The number of rotatable bonds is 30. The molecule has 0 fully saturated rings. The highest BCUT2D eigenvalue weighted by Crippen LogP contribution is 2.21. The normalized spacial score (nSPS) is 18.1. The van der Waals surface area contributed by atoms with Crippen molar-refractivity contribution in [2.24, 2.45) is 0 Å². The first kappa shape index (κ1) is 39.8. The Bertz CT molecular complexity index is 720. The van der Waals surface area contributed by atoms with Gasteiger partial charge in [-0.1, -0.05) is 122 Å². The number of hydrogen-bond acceptors (Lipinski definition) is 6. The van der Waals surface area contributed by atoms with Crippen molar-refractivity contribution in [2.45, 2.75) is 205 Å². The number of carbonyl (C=O) groups excluding carboxylic acids is 1. The number of esters is 1. The Morgan fingerprint density at radius 2 is 1.09 bits per heavy atom. The van der Waals surface area contributed by atoms with Gasteiger partial charge in [-0.05, 0) is 64.4 Å². The lowest BCUT2D eigenvalue weighted by Gasteiger charge is -2.17. The topological polar surface area (TPSA) is 107 Å². The monoisotopic (exact) mass is 609 g/mol. The van der Waals surface area contributed by atoms with Crippen LogP contribution in [0.5, 0.6) is 0 Å². The van der Waals surface area contributed by atoms with Crippen molar-refractivity contribution in [3.05, 3.63) is 23.8 Å². The van der Waals surface area contributed by atoms with Crippen LogP contribution in [0.15, 0.2) is 23.8 Å². The highest BCUT2D eigenvalue weighted by molar-refractivity contribution is 5.90. The summed E-state index contributed by atoms with van der Waals surface area (Å²) in [6.07, 6.45) is 30.0. The van der Waals surface area contributed by atoms with Crippen molar-refractivity contribution >= 4 is 5.97 Å². The molecule has 0 aliphatic carbocycles. The number of hydrogen-bond donors (Lipinski definition) is 4. The summed E-state index contributed by atoms with van der Waals surface area (Å²) in [5.74, 6) is -0.309. The quantitative estimate of drug-likeness (QED) is 0.0369. The second-order valence-electron chi connectivity index (χ2n) is 13.1. The van der Waals surface area contributed by atoms with Gasteiger partial charge < -0.3 is 25.2 Å². The Labute approximate surface area is 264 Å². The van der Waals surface area contributed by atoms with Crippen LogP contribution >= 0.6 is 0 Å². The standard InChI is InChI=1S/C37H68O6/c1-3-4-5-6-7-8-9-10-11-12-13-16-22-27-35(40)36(41)28-23-17-14-15-19-24-33(38)25-20-18-21-26-34(39)30-32-29-31(2)43-37(32)42/h14,17,29,31,33-36,38-41H,3-13,15-16,18-28,30H2,1-2H3/b17-14-. The molecule has 0 aromatic rings. The van der Waals surface area contributed by atoms with E-state index in [2.05, 4.69) is 19.1 Å². The summed E-state index contributed by atoms with van der Waals surface area (Å²) in [6.45, 7) is 4.08. The minimum Gasteiger partial charge on any atom is -0.455 e. The van der Waals surface area contributed by atoms with Gasteiger partial charge in [0.15, 0.2) is 0 Å². The summed E-state index contributed by atoms with van der Waals surface area (Å²) >= 11 is 0. The maximum atomic E-state index is 11.6. The van der Waals surface area contributed by atoms with Crippen molar-refractivity contribution < 1.29 is 30.0 Å². The van der Waals surface area contributed by atoms with E-state index in [1.54, 1.807) is 6.08 Å². The van der Waals surface area contributed by atoms with Gasteiger partial charge in [-0.25, -0.2) is 4.79 Å². The molecular formula is C37H68O6. The molecule has 43 heavy (non-hydrogen) atoms. The largest absolute Gasteiger partial charge is 0.455 e. The average molecular weight is 609 g/mol. The van der Waals surface area contributed by atoms with Crippen molar-refractivity contribution in [3.63, 3.8) is 0 Å². The lowest BCUT2D eigenvalue weighted by molar-refractivity contribution is -0.139. The molecular weight excluding hydrogens is 540 g/mol. The van der Waals surface area contributed by atoms with Crippen molar-refractivity contribution in [2.75, 3.05) is 0 Å². The Morgan fingerprint density at radius 1 is 0.628 bits per heavy atom. The molecule has 1 heterocycles. The predicted octanol–water partition coefficient (Wildman–Crippen LogP) is 8.63. The Hall–Kier alpha value is -1.21. The fourth-order valence-corrected chi connectivity index (χ4v) is 5.95. The van der Waals surface area contributed by atoms with Crippen LogP contribution in [0.3, 0.4) is 0 Å². The van der Waals surface area contributed by atoms with Gasteiger partial charge in [0, 0.05) is 12.0 Å². The molecule has 1 aliphatic heterocycles. The molecule has 0 aromatic heterocycles. The van der Waals surface area contributed by atoms with E-state index in [-0.39, 0.29) is 18.2 Å². The Kier molecular flexibility index (Phi) is 25.1. The number of carbonyl (C=O) groups is 1. The zero-order chi connectivity index (χ0) is 31.5. The third-order valence-electron chi connectivity index (χ3n) is 8.77. The van der Waals surface area contributed by atoms with Crippen molar-refractivity contribution in [1.82, 2.24) is 0 Å². The maximum absolute atomic E-state index is 11.6. The van der Waals surface area contributed by atoms with E-state index in [4.69, 9.17) is 4.74 Å². The van der Waals surface area contributed by atoms with E-state index in [9.17, 15) is 25.2 Å². The van der Waals surface area contributed by atoms with Crippen LogP contribution in [-0.4, -0.2) is 56.9 Å². The second kappa shape index (κ2) is 27.1. The predicted molar refractivity (Wildman–Crippen MR) is 178 cm³/mol. The summed E-state index contributed by atoms with van der Waals surface area (Å²) < 4.78 is 5.07. The fraction of sp³-hybridized carbons (Fsp3) is 0.865. The minimum atomic E-state index is -0.648. The summed E-state index contributed by atoms with van der Waals surface area (Å²) in [5, 5.41) is 40.9. The lowest BCUT2D eigenvalue weighted by atomic mass is 10.00. The van der Waals surface area contributed by atoms with E-state index in [1.165, 1.54) is 70.6 Å². The molecule has 6 heteroatoms. The van der Waals surface area contributed by atoms with Crippen LogP contribution in [-0.2, 0) is 9.53 Å². The Balaban J connectivity index is 1.89. The van der Waals surface area contributed by atoms with Crippen LogP contribution < -0.4 is 0 Å². The van der Waals surface area contributed by atoms with Crippen molar-refractivity contribution in [3.8, 4) is 0 Å². The maximum Gasteiger partial charge on any atom is 0.334 e. The van der Waals surface area contributed by atoms with E-state index < -0.39 is 18.3 Å².